The van der Waals surface area contributed by atoms with Crippen molar-refractivity contribution in [3.05, 3.63) is 55.8 Å². The maximum atomic E-state index is 12.3. The van der Waals surface area contributed by atoms with Gasteiger partial charge in [-0.05, 0) is 31.7 Å². The fourth-order valence-electron chi connectivity index (χ4n) is 2.62. The van der Waals surface area contributed by atoms with Gasteiger partial charge in [0.15, 0.2) is 0 Å². The van der Waals surface area contributed by atoms with Gasteiger partial charge in [-0.2, -0.15) is 9.78 Å². The number of nitrogens with zero attached hydrogens (tertiary/aromatic N) is 3. The van der Waals surface area contributed by atoms with Gasteiger partial charge in [-0.25, -0.2) is 4.98 Å². The van der Waals surface area contributed by atoms with Crippen molar-refractivity contribution in [2.45, 2.75) is 33.6 Å². The van der Waals surface area contributed by atoms with Crippen LogP contribution in [0.25, 0.3) is 5.95 Å². The molecule has 25 heavy (non-hydrogen) atoms. The zero-order valence-corrected chi connectivity index (χ0v) is 15.1. The third kappa shape index (κ3) is 3.69. The van der Waals surface area contributed by atoms with E-state index < -0.39 is 0 Å². The van der Waals surface area contributed by atoms with Crippen LogP contribution in [0.5, 0.6) is 0 Å². The third-order valence-corrected chi connectivity index (χ3v) is 4.65. The summed E-state index contributed by atoms with van der Waals surface area (Å²) in [4.78, 5) is 32.6. The molecule has 0 fully saturated rings. The quantitative estimate of drug-likeness (QED) is 0.733. The Morgan fingerprint density at radius 1 is 1.40 bits per heavy atom. The molecule has 2 N–H and O–H groups in total. The molecule has 0 saturated carbocycles. The van der Waals surface area contributed by atoms with Crippen molar-refractivity contribution < 1.29 is 4.79 Å². The molecule has 0 aromatic carbocycles. The first kappa shape index (κ1) is 17.1. The number of hydrogen-bond acceptors (Lipinski definition) is 5. The predicted octanol–water partition coefficient (Wildman–Crippen LogP) is 2.38. The number of thiophene rings is 1. The first-order chi connectivity index (χ1) is 12.0. The van der Waals surface area contributed by atoms with Crippen LogP contribution in [0.3, 0.4) is 0 Å². The standard InChI is InChI=1S/C17H19N5O2S/c1-4-13-11(3)18-17(20-16(13)24)22-14(8-10(2)21-22)19-15(23)9-12-6-5-7-25-12/h5-8H,4,9H2,1-3H3,(H,19,23)(H,18,20,24). The predicted molar refractivity (Wildman–Crippen MR) is 97.5 cm³/mol. The minimum atomic E-state index is -0.186. The molecule has 0 bridgehead atoms. The van der Waals surface area contributed by atoms with Gasteiger partial charge in [-0.15, -0.1) is 11.3 Å². The van der Waals surface area contributed by atoms with Crippen molar-refractivity contribution in [3.63, 3.8) is 0 Å². The van der Waals surface area contributed by atoms with Gasteiger partial charge in [0.1, 0.15) is 5.82 Å². The van der Waals surface area contributed by atoms with E-state index in [4.69, 9.17) is 0 Å². The molecule has 0 atom stereocenters. The molecule has 0 aliphatic rings. The van der Waals surface area contributed by atoms with Crippen LogP contribution in [0, 0.1) is 13.8 Å². The Balaban J connectivity index is 1.91. The van der Waals surface area contributed by atoms with E-state index in [1.54, 1.807) is 13.0 Å². The van der Waals surface area contributed by atoms with Crippen LogP contribution in [-0.2, 0) is 17.6 Å². The van der Waals surface area contributed by atoms with E-state index in [1.165, 1.54) is 16.0 Å². The van der Waals surface area contributed by atoms with Crippen LogP contribution in [0.15, 0.2) is 28.4 Å². The minimum Gasteiger partial charge on any atom is -0.310 e. The van der Waals surface area contributed by atoms with Crippen molar-refractivity contribution in [3.8, 4) is 5.95 Å². The van der Waals surface area contributed by atoms with E-state index in [0.717, 1.165) is 4.88 Å². The second-order valence-electron chi connectivity index (χ2n) is 5.69. The van der Waals surface area contributed by atoms with Crippen LogP contribution >= 0.6 is 11.3 Å². The van der Waals surface area contributed by atoms with Crippen molar-refractivity contribution in [1.29, 1.82) is 0 Å². The molecule has 0 aliphatic heterocycles. The highest BCUT2D eigenvalue weighted by atomic mass is 32.1. The highest BCUT2D eigenvalue weighted by Gasteiger charge is 2.15. The van der Waals surface area contributed by atoms with Crippen LogP contribution in [0.2, 0.25) is 0 Å². The van der Waals surface area contributed by atoms with Gasteiger partial charge >= 0.3 is 0 Å². The molecule has 0 radical (unpaired) electrons. The first-order valence-electron chi connectivity index (χ1n) is 7.97. The zero-order chi connectivity index (χ0) is 18.0. The van der Waals surface area contributed by atoms with Crippen LogP contribution in [-0.4, -0.2) is 25.7 Å². The summed E-state index contributed by atoms with van der Waals surface area (Å²) in [5.74, 6) is 0.623. The lowest BCUT2D eigenvalue weighted by Crippen LogP contribution is -2.22. The monoisotopic (exact) mass is 357 g/mol. The number of anilines is 1. The van der Waals surface area contributed by atoms with Gasteiger partial charge in [0.25, 0.3) is 5.56 Å². The van der Waals surface area contributed by atoms with Gasteiger partial charge < -0.3 is 5.32 Å². The highest BCUT2D eigenvalue weighted by Crippen LogP contribution is 2.16. The van der Waals surface area contributed by atoms with E-state index >= 15 is 0 Å². The number of rotatable bonds is 5. The van der Waals surface area contributed by atoms with Gasteiger partial charge in [0.05, 0.1) is 12.1 Å². The SMILES string of the molecule is CCc1c(C)nc(-n2nc(C)cc2NC(=O)Cc2cccs2)[nH]c1=O. The number of amides is 1. The summed E-state index contributed by atoms with van der Waals surface area (Å²) >= 11 is 1.53. The number of H-pyrrole nitrogens is 1. The van der Waals surface area contributed by atoms with Gasteiger partial charge in [0, 0.05) is 22.2 Å². The molecule has 0 unspecified atom stereocenters. The molecule has 0 saturated heterocycles. The molecule has 7 nitrogen and oxygen atoms in total. The summed E-state index contributed by atoms with van der Waals surface area (Å²) in [5, 5.41) is 9.12. The molecule has 0 aliphatic carbocycles. The molecule has 8 heteroatoms. The Labute approximate surface area is 148 Å². The Bertz CT molecular complexity index is 956. The first-order valence-corrected chi connectivity index (χ1v) is 8.85. The molecule has 130 valence electrons. The Morgan fingerprint density at radius 3 is 2.84 bits per heavy atom. The number of carbonyl (C=O) groups is 1. The lowest BCUT2D eigenvalue weighted by atomic mass is 10.2. The zero-order valence-electron chi connectivity index (χ0n) is 14.3. The van der Waals surface area contributed by atoms with Crippen molar-refractivity contribution in [2.75, 3.05) is 5.32 Å². The topological polar surface area (TPSA) is 92.7 Å². The fraction of sp³-hybridized carbons (Fsp3) is 0.294. The summed E-state index contributed by atoms with van der Waals surface area (Å²) in [6.07, 6.45) is 0.899. The Hall–Kier alpha value is -2.74. The molecule has 3 rings (SSSR count). The van der Waals surface area contributed by atoms with E-state index in [9.17, 15) is 9.59 Å². The van der Waals surface area contributed by atoms with Crippen molar-refractivity contribution in [1.82, 2.24) is 19.7 Å². The average molecular weight is 357 g/mol. The molecule has 3 aromatic heterocycles. The number of aromatic nitrogens is 4. The van der Waals surface area contributed by atoms with E-state index in [-0.39, 0.29) is 11.5 Å². The summed E-state index contributed by atoms with van der Waals surface area (Å²) in [6, 6.07) is 5.57. The van der Waals surface area contributed by atoms with Gasteiger partial charge in [-0.3, -0.25) is 14.6 Å². The fourth-order valence-corrected chi connectivity index (χ4v) is 3.32. The maximum Gasteiger partial charge on any atom is 0.255 e. The Morgan fingerprint density at radius 2 is 2.20 bits per heavy atom. The third-order valence-electron chi connectivity index (χ3n) is 3.78. The minimum absolute atomic E-state index is 0.146. The average Bonchev–Trinajstić information content (AvgIpc) is 3.16. The number of carbonyl (C=O) groups excluding carboxylic acids is 1. The van der Waals surface area contributed by atoms with Crippen LogP contribution < -0.4 is 10.9 Å². The number of nitrogens with one attached hydrogen (secondary N) is 2. The molecule has 0 spiro atoms. The summed E-state index contributed by atoms with van der Waals surface area (Å²) < 4.78 is 1.45. The van der Waals surface area contributed by atoms with E-state index in [1.807, 2.05) is 31.4 Å². The van der Waals surface area contributed by atoms with Crippen molar-refractivity contribution in [2.24, 2.45) is 0 Å². The van der Waals surface area contributed by atoms with Crippen LogP contribution in [0.1, 0.15) is 28.8 Å². The summed E-state index contributed by atoms with van der Waals surface area (Å²) in [6.45, 7) is 5.52. The normalized spacial score (nSPS) is 10.8. The summed E-state index contributed by atoms with van der Waals surface area (Å²) in [7, 11) is 0. The van der Waals surface area contributed by atoms with Crippen molar-refractivity contribution >= 4 is 23.1 Å². The largest absolute Gasteiger partial charge is 0.310 e. The van der Waals surface area contributed by atoms with E-state index in [2.05, 4.69) is 20.4 Å². The highest BCUT2D eigenvalue weighted by molar-refractivity contribution is 7.10. The van der Waals surface area contributed by atoms with Gasteiger partial charge in [0.2, 0.25) is 11.9 Å². The maximum absolute atomic E-state index is 12.3. The summed E-state index contributed by atoms with van der Waals surface area (Å²) in [5.41, 5.74) is 1.83. The number of aryl methyl sites for hydroxylation is 2. The lowest BCUT2D eigenvalue weighted by Gasteiger charge is -2.09. The smallest absolute Gasteiger partial charge is 0.255 e. The second-order valence-corrected chi connectivity index (χ2v) is 6.73. The molecular weight excluding hydrogens is 338 g/mol. The number of hydrogen-bond donors (Lipinski definition) is 2. The molecule has 3 heterocycles. The second kappa shape index (κ2) is 7.02. The number of aromatic amines is 1. The molecular formula is C17H19N5O2S. The van der Waals surface area contributed by atoms with Gasteiger partial charge in [-0.1, -0.05) is 13.0 Å². The Kier molecular flexibility index (Phi) is 4.80. The molecule has 3 aromatic rings. The molecule has 1 amide bonds. The van der Waals surface area contributed by atoms with E-state index in [0.29, 0.717) is 41.6 Å². The van der Waals surface area contributed by atoms with Crippen LogP contribution in [0.4, 0.5) is 5.82 Å². The lowest BCUT2D eigenvalue weighted by molar-refractivity contribution is -0.115.